The van der Waals surface area contributed by atoms with E-state index in [1.807, 2.05) is 31.3 Å². The van der Waals surface area contributed by atoms with E-state index in [4.69, 9.17) is 0 Å². The molecule has 0 unspecified atom stereocenters. The van der Waals surface area contributed by atoms with Gasteiger partial charge < -0.3 is 10.4 Å². The third-order valence-electron chi connectivity index (χ3n) is 1.61. The van der Waals surface area contributed by atoms with Crippen molar-refractivity contribution >= 4 is 22.0 Å². The molecule has 0 aliphatic rings. The van der Waals surface area contributed by atoms with Gasteiger partial charge in [-0.3, -0.25) is 0 Å². The van der Waals surface area contributed by atoms with Crippen molar-refractivity contribution in [3.05, 3.63) is 34.3 Å². The third-order valence-corrected chi connectivity index (χ3v) is 2.11. The van der Waals surface area contributed by atoms with E-state index in [-0.39, 0.29) is 0 Å². The van der Waals surface area contributed by atoms with Gasteiger partial charge in [-0.05, 0) is 19.2 Å². The molecule has 0 heterocycles. The summed E-state index contributed by atoms with van der Waals surface area (Å²) in [7, 11) is 1.88. The van der Waals surface area contributed by atoms with Crippen molar-refractivity contribution in [3.63, 3.8) is 0 Å². The highest BCUT2D eigenvalue weighted by atomic mass is 79.9. The van der Waals surface area contributed by atoms with Crippen LogP contribution in [-0.4, -0.2) is 18.7 Å². The maximum atomic E-state index is 9.49. The summed E-state index contributed by atoms with van der Waals surface area (Å²) >= 11 is 3.28. The zero-order valence-electron chi connectivity index (χ0n) is 7.42. The van der Waals surface area contributed by atoms with Crippen molar-refractivity contribution in [2.75, 3.05) is 13.6 Å². The molecule has 0 radical (unpaired) electrons. The summed E-state index contributed by atoms with van der Waals surface area (Å²) in [6, 6.07) is 5.45. The van der Waals surface area contributed by atoms with Crippen LogP contribution in [0.2, 0.25) is 0 Å². The van der Waals surface area contributed by atoms with E-state index >= 15 is 0 Å². The summed E-state index contributed by atoms with van der Waals surface area (Å²) in [4.78, 5) is 0. The number of phenolic OH excluding ortho intramolecular Hbond substituents is 1. The Morgan fingerprint density at radius 3 is 2.92 bits per heavy atom. The van der Waals surface area contributed by atoms with Crippen molar-refractivity contribution in [2.45, 2.75) is 0 Å². The highest BCUT2D eigenvalue weighted by Gasteiger charge is 1.96. The fourth-order valence-electron chi connectivity index (χ4n) is 0.962. The zero-order valence-corrected chi connectivity index (χ0v) is 9.01. The Bertz CT molecular complexity index is 310. The van der Waals surface area contributed by atoms with E-state index in [2.05, 4.69) is 21.2 Å². The van der Waals surface area contributed by atoms with Crippen LogP contribution in [0.5, 0.6) is 5.75 Å². The number of halogens is 1. The van der Waals surface area contributed by atoms with E-state index in [9.17, 15) is 5.11 Å². The van der Waals surface area contributed by atoms with Crippen molar-refractivity contribution in [2.24, 2.45) is 0 Å². The SMILES string of the molecule is CNCC=Cc1ccc(Br)cc1O. The van der Waals surface area contributed by atoms with Crippen molar-refractivity contribution in [1.29, 1.82) is 0 Å². The van der Waals surface area contributed by atoms with Gasteiger partial charge in [0.15, 0.2) is 0 Å². The van der Waals surface area contributed by atoms with Crippen molar-refractivity contribution in [3.8, 4) is 5.75 Å². The molecule has 13 heavy (non-hydrogen) atoms. The molecule has 2 nitrogen and oxygen atoms in total. The predicted octanol–water partition coefficient (Wildman–Crippen LogP) is 2.39. The first-order valence-corrected chi connectivity index (χ1v) is 4.83. The average molecular weight is 242 g/mol. The Hall–Kier alpha value is -0.800. The second-order valence-corrected chi connectivity index (χ2v) is 3.58. The summed E-state index contributed by atoms with van der Waals surface area (Å²) in [5, 5.41) is 12.5. The molecule has 3 heteroatoms. The Labute approximate surface area is 86.4 Å². The monoisotopic (exact) mass is 241 g/mol. The molecule has 0 aliphatic heterocycles. The number of nitrogens with one attached hydrogen (secondary N) is 1. The predicted molar refractivity (Wildman–Crippen MR) is 58.8 cm³/mol. The smallest absolute Gasteiger partial charge is 0.123 e. The van der Waals surface area contributed by atoms with Gasteiger partial charge >= 0.3 is 0 Å². The molecule has 1 aromatic rings. The molecule has 0 amide bonds. The second kappa shape index (κ2) is 5.04. The van der Waals surface area contributed by atoms with Gasteiger partial charge in [-0.15, -0.1) is 0 Å². The topological polar surface area (TPSA) is 32.3 Å². The lowest BCUT2D eigenvalue weighted by molar-refractivity contribution is 0.473. The van der Waals surface area contributed by atoms with Gasteiger partial charge in [0.2, 0.25) is 0 Å². The van der Waals surface area contributed by atoms with E-state index in [0.29, 0.717) is 5.75 Å². The Morgan fingerprint density at radius 1 is 1.54 bits per heavy atom. The first kappa shape index (κ1) is 10.3. The molecular weight excluding hydrogens is 230 g/mol. The molecule has 1 aromatic carbocycles. The van der Waals surface area contributed by atoms with Crippen molar-refractivity contribution < 1.29 is 5.11 Å². The van der Waals surface area contributed by atoms with Crippen LogP contribution < -0.4 is 5.32 Å². The number of aromatic hydroxyl groups is 1. The van der Waals surface area contributed by atoms with Crippen LogP contribution >= 0.6 is 15.9 Å². The van der Waals surface area contributed by atoms with E-state index in [1.54, 1.807) is 6.07 Å². The number of likely N-dealkylation sites (N-methyl/N-ethyl adjacent to an activating group) is 1. The summed E-state index contributed by atoms with van der Waals surface area (Å²) < 4.78 is 0.885. The number of rotatable bonds is 3. The number of hydrogen-bond donors (Lipinski definition) is 2. The van der Waals surface area contributed by atoms with Gasteiger partial charge in [0.05, 0.1) is 0 Å². The fourth-order valence-corrected chi connectivity index (χ4v) is 1.31. The molecule has 0 spiro atoms. The molecule has 0 bridgehead atoms. The van der Waals surface area contributed by atoms with E-state index in [1.165, 1.54) is 0 Å². The summed E-state index contributed by atoms with van der Waals surface area (Å²) in [5.41, 5.74) is 0.832. The standard InChI is InChI=1S/C10H12BrNO/c1-12-6-2-3-8-4-5-9(11)7-10(8)13/h2-5,7,12-13H,6H2,1H3. The minimum absolute atomic E-state index is 0.293. The first-order valence-electron chi connectivity index (χ1n) is 4.03. The van der Waals surface area contributed by atoms with Crippen LogP contribution in [-0.2, 0) is 0 Å². The molecule has 0 aromatic heterocycles. The Balaban J connectivity index is 2.77. The van der Waals surface area contributed by atoms with Crippen LogP contribution in [0.1, 0.15) is 5.56 Å². The number of phenols is 1. The molecule has 0 saturated heterocycles. The molecule has 0 atom stereocenters. The maximum absolute atomic E-state index is 9.49. The summed E-state index contributed by atoms with van der Waals surface area (Å²) in [5.74, 6) is 0.293. The highest BCUT2D eigenvalue weighted by Crippen LogP contribution is 2.22. The molecular formula is C10H12BrNO. The minimum Gasteiger partial charge on any atom is -0.507 e. The van der Waals surface area contributed by atoms with E-state index < -0.39 is 0 Å². The van der Waals surface area contributed by atoms with Gasteiger partial charge in [0.1, 0.15) is 5.75 Å². The largest absolute Gasteiger partial charge is 0.507 e. The van der Waals surface area contributed by atoms with Crippen LogP contribution in [0.4, 0.5) is 0 Å². The normalized spacial score (nSPS) is 10.9. The summed E-state index contributed by atoms with van der Waals surface area (Å²) in [6.07, 6.45) is 3.85. The lowest BCUT2D eigenvalue weighted by Gasteiger charge is -1.99. The number of hydrogen-bond acceptors (Lipinski definition) is 2. The van der Waals surface area contributed by atoms with Crippen LogP contribution in [0, 0.1) is 0 Å². The molecule has 0 aliphatic carbocycles. The fraction of sp³-hybridized carbons (Fsp3) is 0.200. The highest BCUT2D eigenvalue weighted by molar-refractivity contribution is 9.10. The second-order valence-electron chi connectivity index (χ2n) is 2.66. The van der Waals surface area contributed by atoms with Gasteiger partial charge in [0.25, 0.3) is 0 Å². The molecule has 1 rings (SSSR count). The number of benzene rings is 1. The van der Waals surface area contributed by atoms with Gasteiger partial charge in [-0.2, -0.15) is 0 Å². The third kappa shape index (κ3) is 3.20. The van der Waals surface area contributed by atoms with E-state index in [0.717, 1.165) is 16.6 Å². The lowest BCUT2D eigenvalue weighted by atomic mass is 10.2. The van der Waals surface area contributed by atoms with Crippen LogP contribution in [0.15, 0.2) is 28.7 Å². The Kier molecular flexibility index (Phi) is 3.99. The molecule has 0 fully saturated rings. The molecule has 0 saturated carbocycles. The molecule has 70 valence electrons. The quantitative estimate of drug-likeness (QED) is 0.852. The first-order chi connectivity index (χ1) is 6.24. The van der Waals surface area contributed by atoms with Crippen molar-refractivity contribution in [1.82, 2.24) is 5.32 Å². The van der Waals surface area contributed by atoms with Gasteiger partial charge in [-0.25, -0.2) is 0 Å². The summed E-state index contributed by atoms with van der Waals surface area (Å²) in [6.45, 7) is 0.801. The van der Waals surface area contributed by atoms with Crippen LogP contribution in [0.25, 0.3) is 6.08 Å². The average Bonchev–Trinajstić information content (AvgIpc) is 2.09. The Morgan fingerprint density at radius 2 is 2.31 bits per heavy atom. The minimum atomic E-state index is 0.293. The van der Waals surface area contributed by atoms with Gasteiger partial charge in [0, 0.05) is 16.6 Å². The van der Waals surface area contributed by atoms with Crippen LogP contribution in [0.3, 0.4) is 0 Å². The molecule has 2 N–H and O–H groups in total. The zero-order chi connectivity index (χ0) is 9.68. The lowest BCUT2D eigenvalue weighted by Crippen LogP contribution is -2.03. The van der Waals surface area contributed by atoms with Gasteiger partial charge in [-0.1, -0.05) is 34.1 Å². The maximum Gasteiger partial charge on any atom is 0.123 e.